The average molecular weight is 361 g/mol. The maximum absolute atomic E-state index is 13.7. The van der Waals surface area contributed by atoms with E-state index in [2.05, 4.69) is 4.74 Å². The molecule has 0 aliphatic heterocycles. The van der Waals surface area contributed by atoms with E-state index in [4.69, 9.17) is 0 Å². The van der Waals surface area contributed by atoms with Gasteiger partial charge in [-0.3, -0.25) is 9.59 Å². The molecule has 2 aromatic rings. The lowest BCUT2D eigenvalue weighted by molar-refractivity contribution is -0.142. The molecule has 2 aromatic carbocycles. The first kappa shape index (κ1) is 19.6. The molecule has 0 bridgehead atoms. The molecule has 0 unspecified atom stereocenters. The van der Waals surface area contributed by atoms with Crippen LogP contribution < -0.4 is 0 Å². The van der Waals surface area contributed by atoms with Crippen LogP contribution in [-0.4, -0.2) is 30.4 Å². The molecule has 6 heteroatoms. The molecule has 138 valence electrons. The van der Waals surface area contributed by atoms with E-state index in [-0.39, 0.29) is 37.3 Å². The first-order valence-corrected chi connectivity index (χ1v) is 8.32. The molecule has 0 radical (unpaired) electrons. The highest BCUT2D eigenvalue weighted by Gasteiger charge is 2.17. The zero-order valence-electron chi connectivity index (χ0n) is 14.6. The van der Waals surface area contributed by atoms with E-state index in [9.17, 15) is 18.4 Å². The predicted molar refractivity (Wildman–Crippen MR) is 93.2 cm³/mol. The first-order valence-electron chi connectivity index (χ1n) is 8.32. The molecule has 1 amide bonds. The smallest absolute Gasteiger partial charge is 0.307 e. The molecule has 0 atom stereocenters. The second-order valence-corrected chi connectivity index (χ2v) is 5.86. The number of hydrogen-bond acceptors (Lipinski definition) is 3. The highest BCUT2D eigenvalue weighted by atomic mass is 19.1. The van der Waals surface area contributed by atoms with Crippen LogP contribution in [0.1, 0.15) is 24.0 Å². The number of halogens is 2. The molecular weight excluding hydrogens is 340 g/mol. The highest BCUT2D eigenvalue weighted by molar-refractivity contribution is 5.77. The summed E-state index contributed by atoms with van der Waals surface area (Å²) in [6.45, 7) is 0.536. The van der Waals surface area contributed by atoms with Gasteiger partial charge in [-0.15, -0.1) is 0 Å². The Hall–Kier alpha value is -2.76. The number of hydrogen-bond donors (Lipinski definition) is 0. The fraction of sp³-hybridized carbons (Fsp3) is 0.300. The van der Waals surface area contributed by atoms with Gasteiger partial charge in [0.2, 0.25) is 5.91 Å². The number of ether oxygens (including phenoxy) is 1. The second-order valence-electron chi connectivity index (χ2n) is 5.86. The van der Waals surface area contributed by atoms with Crippen LogP contribution in [0.2, 0.25) is 0 Å². The van der Waals surface area contributed by atoms with E-state index in [1.54, 1.807) is 0 Å². The molecule has 0 saturated carbocycles. The summed E-state index contributed by atoms with van der Waals surface area (Å²) in [6, 6.07) is 12.5. The first-order chi connectivity index (χ1) is 12.5. The molecular formula is C20H21F2NO3. The Morgan fingerprint density at radius 1 is 1.04 bits per heavy atom. The van der Waals surface area contributed by atoms with Crippen molar-refractivity contribution < 1.29 is 23.1 Å². The summed E-state index contributed by atoms with van der Waals surface area (Å²) >= 11 is 0. The number of rotatable bonds is 8. The summed E-state index contributed by atoms with van der Waals surface area (Å²) in [7, 11) is 1.29. The van der Waals surface area contributed by atoms with Crippen molar-refractivity contribution in [2.24, 2.45) is 0 Å². The van der Waals surface area contributed by atoms with Crippen molar-refractivity contribution in [3.05, 3.63) is 71.3 Å². The second kappa shape index (κ2) is 9.65. The van der Waals surface area contributed by atoms with Gasteiger partial charge < -0.3 is 9.64 Å². The fourth-order valence-corrected chi connectivity index (χ4v) is 2.56. The van der Waals surface area contributed by atoms with Crippen LogP contribution in [0.4, 0.5) is 8.78 Å². The van der Waals surface area contributed by atoms with Crippen LogP contribution in [0.15, 0.2) is 48.5 Å². The molecule has 0 spiro atoms. The van der Waals surface area contributed by atoms with Gasteiger partial charge in [0.15, 0.2) is 0 Å². The molecule has 2 rings (SSSR count). The van der Waals surface area contributed by atoms with Crippen molar-refractivity contribution in [2.45, 2.75) is 25.8 Å². The maximum atomic E-state index is 13.7. The number of carbonyl (C=O) groups is 2. The summed E-state index contributed by atoms with van der Waals surface area (Å²) in [6.07, 6.45) is 0.184. The molecule has 0 saturated heterocycles. The molecule has 0 aliphatic rings. The monoisotopic (exact) mass is 361 g/mol. The molecule has 0 fully saturated rings. The number of aryl methyl sites for hydroxylation is 1. The molecule has 0 aromatic heterocycles. The Labute approximate surface area is 151 Å². The van der Waals surface area contributed by atoms with Crippen LogP contribution in [0.3, 0.4) is 0 Å². The van der Waals surface area contributed by atoms with Crippen molar-refractivity contribution in [3.8, 4) is 0 Å². The topological polar surface area (TPSA) is 46.6 Å². The number of nitrogens with zero attached hydrogens (tertiary/aromatic N) is 1. The quantitative estimate of drug-likeness (QED) is 0.676. The van der Waals surface area contributed by atoms with Gasteiger partial charge in [0.25, 0.3) is 0 Å². The Morgan fingerprint density at radius 3 is 2.46 bits per heavy atom. The summed E-state index contributed by atoms with van der Waals surface area (Å²) in [5.74, 6) is -1.72. The Balaban J connectivity index is 2.03. The van der Waals surface area contributed by atoms with Crippen molar-refractivity contribution >= 4 is 11.9 Å². The van der Waals surface area contributed by atoms with Gasteiger partial charge in [0.1, 0.15) is 11.6 Å². The van der Waals surface area contributed by atoms with Gasteiger partial charge in [-0.1, -0.05) is 30.3 Å². The normalized spacial score (nSPS) is 10.4. The van der Waals surface area contributed by atoms with Crippen molar-refractivity contribution in [3.63, 3.8) is 0 Å². The van der Waals surface area contributed by atoms with Gasteiger partial charge in [-0.2, -0.15) is 0 Å². The Morgan fingerprint density at radius 2 is 1.77 bits per heavy atom. The number of amides is 1. The minimum atomic E-state index is -0.541. The summed E-state index contributed by atoms with van der Waals surface area (Å²) in [4.78, 5) is 25.5. The number of esters is 1. The van der Waals surface area contributed by atoms with E-state index >= 15 is 0 Å². The van der Waals surface area contributed by atoms with Gasteiger partial charge in [0.05, 0.1) is 13.5 Å². The summed E-state index contributed by atoms with van der Waals surface area (Å²) < 4.78 is 31.6. The predicted octanol–water partition coefficient (Wildman–Crippen LogP) is 3.49. The van der Waals surface area contributed by atoms with E-state index in [0.717, 1.165) is 23.8 Å². The van der Waals surface area contributed by atoms with E-state index in [1.165, 1.54) is 12.0 Å². The van der Waals surface area contributed by atoms with Gasteiger partial charge >= 0.3 is 5.97 Å². The lowest BCUT2D eigenvalue weighted by Crippen LogP contribution is -2.33. The zero-order valence-corrected chi connectivity index (χ0v) is 14.6. The lowest BCUT2D eigenvalue weighted by Gasteiger charge is -2.22. The lowest BCUT2D eigenvalue weighted by atomic mass is 10.1. The largest absolute Gasteiger partial charge is 0.469 e. The average Bonchev–Trinajstić information content (AvgIpc) is 2.66. The Kier molecular flexibility index (Phi) is 7.26. The minimum Gasteiger partial charge on any atom is -0.469 e. The van der Waals surface area contributed by atoms with E-state index in [1.807, 2.05) is 30.3 Å². The van der Waals surface area contributed by atoms with Gasteiger partial charge in [-0.25, -0.2) is 8.78 Å². The molecule has 0 N–H and O–H groups in total. The third-order valence-corrected chi connectivity index (χ3v) is 4.00. The zero-order chi connectivity index (χ0) is 18.9. The number of methoxy groups -OCH3 is 1. The molecule has 0 aliphatic carbocycles. The van der Waals surface area contributed by atoms with Crippen molar-refractivity contribution in [1.29, 1.82) is 0 Å². The molecule has 0 heterocycles. The van der Waals surface area contributed by atoms with E-state index in [0.29, 0.717) is 6.54 Å². The van der Waals surface area contributed by atoms with Gasteiger partial charge in [-0.05, 0) is 35.7 Å². The maximum Gasteiger partial charge on any atom is 0.307 e. The number of carbonyl (C=O) groups excluding carboxylic acids is 2. The Bertz CT molecular complexity index is 750. The number of benzene rings is 2. The van der Waals surface area contributed by atoms with Crippen LogP contribution in [-0.2, 0) is 27.3 Å². The van der Waals surface area contributed by atoms with Crippen molar-refractivity contribution in [1.82, 2.24) is 4.90 Å². The van der Waals surface area contributed by atoms with Crippen molar-refractivity contribution in [2.75, 3.05) is 13.7 Å². The minimum absolute atomic E-state index is 0.0222. The van der Waals surface area contributed by atoms with E-state index < -0.39 is 17.6 Å². The standard InChI is InChI=1S/C20H21F2NO3/c1-26-20(25)11-12-23(14-15-5-3-2-4-6-15)19(24)10-7-16-13-17(21)8-9-18(16)22/h2-6,8-9,13H,7,10-12,14H2,1H3. The van der Waals surface area contributed by atoms with Crippen LogP contribution in [0.5, 0.6) is 0 Å². The fourth-order valence-electron chi connectivity index (χ4n) is 2.56. The van der Waals surface area contributed by atoms with Gasteiger partial charge in [0, 0.05) is 19.5 Å². The SMILES string of the molecule is COC(=O)CCN(Cc1ccccc1)C(=O)CCc1cc(F)ccc1F. The molecule has 26 heavy (non-hydrogen) atoms. The van der Waals surface area contributed by atoms with Crippen LogP contribution in [0.25, 0.3) is 0 Å². The highest BCUT2D eigenvalue weighted by Crippen LogP contribution is 2.14. The van der Waals surface area contributed by atoms with Crippen LogP contribution in [0, 0.1) is 11.6 Å². The van der Waals surface area contributed by atoms with Crippen LogP contribution >= 0.6 is 0 Å². The third kappa shape index (κ3) is 5.95. The molecule has 4 nitrogen and oxygen atoms in total. The summed E-state index contributed by atoms with van der Waals surface area (Å²) in [5.41, 5.74) is 1.08. The summed E-state index contributed by atoms with van der Waals surface area (Å²) in [5, 5.41) is 0. The third-order valence-electron chi connectivity index (χ3n) is 4.00.